The second-order valence-corrected chi connectivity index (χ2v) is 11.3. The van der Waals surface area contributed by atoms with Gasteiger partial charge in [0.05, 0.1) is 17.4 Å². The van der Waals surface area contributed by atoms with E-state index in [0.29, 0.717) is 27.4 Å². The van der Waals surface area contributed by atoms with Crippen LogP contribution in [0.25, 0.3) is 22.8 Å². The molecule has 230 valence electrons. The number of benzene rings is 3. The number of urea groups is 1. The summed E-state index contributed by atoms with van der Waals surface area (Å²) >= 11 is 1.34. The monoisotopic (exact) mass is 631 g/mol. The second-order valence-electron chi connectivity index (χ2n) is 10.5. The summed E-state index contributed by atoms with van der Waals surface area (Å²) in [5.41, 5.74) is 5.89. The highest BCUT2D eigenvalue weighted by Crippen LogP contribution is 2.28. The van der Waals surface area contributed by atoms with Crippen molar-refractivity contribution in [2.75, 3.05) is 0 Å². The van der Waals surface area contributed by atoms with E-state index >= 15 is 0 Å². The number of aromatic nitrogens is 4. The number of halogens is 3. The number of alkyl halides is 3. The zero-order valence-electron chi connectivity index (χ0n) is 24.7. The summed E-state index contributed by atoms with van der Waals surface area (Å²) in [6.45, 7) is 8.27. The van der Waals surface area contributed by atoms with Gasteiger partial charge < -0.3 is 10.1 Å². The van der Waals surface area contributed by atoms with Gasteiger partial charge in [0.15, 0.2) is 10.6 Å². The molecule has 9 nitrogen and oxygen atoms in total. The van der Waals surface area contributed by atoms with Crippen LogP contribution in [0.2, 0.25) is 0 Å². The summed E-state index contributed by atoms with van der Waals surface area (Å²) in [6, 6.07) is 18.6. The van der Waals surface area contributed by atoms with Gasteiger partial charge in [-0.1, -0.05) is 50.2 Å². The van der Waals surface area contributed by atoms with Gasteiger partial charge in [0.1, 0.15) is 18.1 Å². The van der Waals surface area contributed by atoms with Crippen LogP contribution in [0.3, 0.4) is 0 Å². The van der Waals surface area contributed by atoms with Crippen LogP contribution in [0, 0.1) is 25.2 Å². The lowest BCUT2D eigenvalue weighted by atomic mass is 9.96. The van der Waals surface area contributed by atoms with Gasteiger partial charge in [0.2, 0.25) is 0 Å². The Hall–Kier alpha value is -5.22. The maximum Gasteiger partial charge on any atom is 0.573 e. The van der Waals surface area contributed by atoms with Crippen molar-refractivity contribution in [3.63, 3.8) is 0 Å². The zero-order valence-corrected chi connectivity index (χ0v) is 25.5. The maximum atomic E-state index is 13.0. The fourth-order valence-electron chi connectivity index (χ4n) is 4.95. The largest absolute Gasteiger partial charge is 0.573 e. The normalized spacial score (nSPS) is 12.6. The SMILES string of the molecule is Cc1cccc(-n2c(C)cs/c2=N\C(=O)NC(C#N)c2ccc(-c3ncn(-c4ccc(OC(F)(F)F)cc4)n3)cc2)c1C(C)C. The first kappa shape index (κ1) is 31.2. The van der Waals surface area contributed by atoms with E-state index in [9.17, 15) is 23.2 Å². The molecule has 3 aromatic carbocycles. The van der Waals surface area contributed by atoms with E-state index in [2.05, 4.69) is 58.0 Å². The average Bonchev–Trinajstić information content (AvgIpc) is 3.62. The fourth-order valence-corrected chi connectivity index (χ4v) is 5.82. The molecule has 13 heteroatoms. The Labute approximate surface area is 260 Å². The van der Waals surface area contributed by atoms with Crippen molar-refractivity contribution in [3.8, 4) is 34.6 Å². The van der Waals surface area contributed by atoms with Gasteiger partial charge in [-0.15, -0.1) is 29.6 Å². The third-order valence-corrected chi connectivity index (χ3v) is 7.86. The first-order chi connectivity index (χ1) is 21.4. The summed E-state index contributed by atoms with van der Waals surface area (Å²) in [5, 5.41) is 18.9. The fraction of sp³-hybridized carbons (Fsp3) is 0.219. The van der Waals surface area contributed by atoms with Crippen molar-refractivity contribution >= 4 is 17.4 Å². The topological polar surface area (TPSA) is 110 Å². The van der Waals surface area contributed by atoms with Crippen molar-refractivity contribution in [3.05, 3.63) is 106 Å². The van der Waals surface area contributed by atoms with Crippen LogP contribution in [-0.2, 0) is 0 Å². The molecule has 0 bridgehead atoms. The van der Waals surface area contributed by atoms with E-state index in [4.69, 9.17) is 0 Å². The molecule has 0 saturated heterocycles. The molecule has 45 heavy (non-hydrogen) atoms. The van der Waals surface area contributed by atoms with E-state index in [-0.39, 0.29) is 11.7 Å². The molecule has 1 atom stereocenters. The van der Waals surface area contributed by atoms with E-state index in [1.807, 2.05) is 29.0 Å². The molecule has 5 aromatic rings. The molecule has 5 rings (SSSR count). The lowest BCUT2D eigenvalue weighted by Gasteiger charge is -2.17. The predicted molar refractivity (Wildman–Crippen MR) is 163 cm³/mol. The van der Waals surface area contributed by atoms with Crippen LogP contribution < -0.4 is 14.9 Å². The van der Waals surface area contributed by atoms with Crippen molar-refractivity contribution in [1.29, 1.82) is 5.26 Å². The smallest absolute Gasteiger partial charge is 0.406 e. The summed E-state index contributed by atoms with van der Waals surface area (Å²) in [4.78, 5) is 22.1. The van der Waals surface area contributed by atoms with Crippen molar-refractivity contribution in [1.82, 2.24) is 24.6 Å². The molecule has 2 amide bonds. The number of hydrogen-bond acceptors (Lipinski definition) is 6. The Morgan fingerprint density at radius 3 is 2.42 bits per heavy atom. The van der Waals surface area contributed by atoms with Gasteiger partial charge >= 0.3 is 12.4 Å². The first-order valence-corrected chi connectivity index (χ1v) is 14.7. The van der Waals surface area contributed by atoms with Crippen LogP contribution in [-0.4, -0.2) is 31.7 Å². The minimum atomic E-state index is -4.78. The molecule has 0 saturated carbocycles. The van der Waals surface area contributed by atoms with Crippen LogP contribution in [0.5, 0.6) is 5.75 Å². The van der Waals surface area contributed by atoms with Crippen molar-refractivity contribution < 1.29 is 22.7 Å². The Kier molecular flexibility index (Phi) is 8.87. The molecule has 0 fully saturated rings. The predicted octanol–water partition coefficient (Wildman–Crippen LogP) is 7.30. The number of nitriles is 1. The molecule has 0 aliphatic rings. The Morgan fingerprint density at radius 1 is 1.07 bits per heavy atom. The van der Waals surface area contributed by atoms with Gasteiger partial charge in [-0.3, -0.25) is 4.57 Å². The van der Waals surface area contributed by atoms with Crippen molar-refractivity contribution in [2.24, 2.45) is 4.99 Å². The van der Waals surface area contributed by atoms with Gasteiger partial charge in [-0.05, 0) is 66.8 Å². The number of thiazole rings is 1. The molecule has 0 aliphatic carbocycles. The molecule has 0 aliphatic heterocycles. The van der Waals surface area contributed by atoms with Crippen LogP contribution in [0.15, 0.2) is 83.4 Å². The quantitative estimate of drug-likeness (QED) is 0.203. The Bertz CT molecular complexity index is 1930. The number of carbonyl (C=O) groups excluding carboxylic acids is 1. The molecule has 0 spiro atoms. The number of rotatable bonds is 7. The molecular formula is C32H28F3N7O2S. The van der Waals surface area contributed by atoms with Crippen LogP contribution in [0.4, 0.5) is 18.0 Å². The highest BCUT2D eigenvalue weighted by Gasteiger charge is 2.31. The average molecular weight is 632 g/mol. The number of nitrogens with one attached hydrogen (secondary N) is 1. The molecule has 1 N–H and O–H groups in total. The minimum absolute atomic E-state index is 0.262. The van der Waals surface area contributed by atoms with E-state index in [1.54, 1.807) is 24.3 Å². The minimum Gasteiger partial charge on any atom is -0.406 e. The summed E-state index contributed by atoms with van der Waals surface area (Å²) < 4.78 is 44.6. The molecular weight excluding hydrogens is 603 g/mol. The Balaban J connectivity index is 1.32. The van der Waals surface area contributed by atoms with E-state index in [0.717, 1.165) is 16.9 Å². The summed E-state index contributed by atoms with van der Waals surface area (Å²) in [6.07, 6.45) is -3.34. The molecule has 1 unspecified atom stereocenters. The maximum absolute atomic E-state index is 13.0. The van der Waals surface area contributed by atoms with E-state index in [1.165, 1.54) is 52.2 Å². The third-order valence-electron chi connectivity index (χ3n) is 6.92. The number of ether oxygens (including phenoxy) is 1. The first-order valence-electron chi connectivity index (χ1n) is 13.8. The lowest BCUT2D eigenvalue weighted by Crippen LogP contribution is -2.28. The van der Waals surface area contributed by atoms with Gasteiger partial charge in [-0.25, -0.2) is 14.5 Å². The van der Waals surface area contributed by atoms with Crippen LogP contribution in [0.1, 0.15) is 48.2 Å². The highest BCUT2D eigenvalue weighted by molar-refractivity contribution is 7.07. The number of aryl methyl sites for hydroxylation is 2. The number of nitrogens with zero attached hydrogens (tertiary/aromatic N) is 6. The van der Waals surface area contributed by atoms with Gasteiger partial charge in [-0.2, -0.15) is 10.3 Å². The van der Waals surface area contributed by atoms with E-state index < -0.39 is 18.4 Å². The Morgan fingerprint density at radius 2 is 1.78 bits per heavy atom. The second kappa shape index (κ2) is 12.8. The number of carbonyl (C=O) groups is 1. The van der Waals surface area contributed by atoms with Crippen LogP contribution >= 0.6 is 11.3 Å². The molecule has 2 aromatic heterocycles. The number of hydrogen-bond donors (Lipinski definition) is 1. The molecule has 0 radical (unpaired) electrons. The van der Waals surface area contributed by atoms with Gasteiger partial charge in [0, 0.05) is 16.6 Å². The standard InChI is InChI=1S/C32H28F3N7O2S/c1-19(2)28-20(3)6-5-7-27(28)42-21(4)17-45-31(42)39-30(43)38-26(16-36)22-8-10-23(11-9-22)29-37-18-41(40-29)24-12-14-25(15-13-24)44-32(33,34)35/h5-15,17-19,26H,1-4H3,(H,38,43)/b39-31-. The summed E-state index contributed by atoms with van der Waals surface area (Å²) in [7, 11) is 0. The molecule has 2 heterocycles. The zero-order chi connectivity index (χ0) is 32.3. The third kappa shape index (κ3) is 7.13. The lowest BCUT2D eigenvalue weighted by molar-refractivity contribution is -0.274. The van der Waals surface area contributed by atoms with Crippen molar-refractivity contribution in [2.45, 2.75) is 46.0 Å². The van der Waals surface area contributed by atoms with Gasteiger partial charge in [0.25, 0.3) is 0 Å². The highest BCUT2D eigenvalue weighted by atomic mass is 32.1. The number of amides is 2. The summed E-state index contributed by atoms with van der Waals surface area (Å²) in [5.74, 6) is 0.280.